The fourth-order valence-electron chi connectivity index (χ4n) is 3.00. The van der Waals surface area contributed by atoms with Gasteiger partial charge in [0, 0.05) is 6.54 Å². The van der Waals surface area contributed by atoms with Crippen LogP contribution in [0.25, 0.3) is 0 Å². The van der Waals surface area contributed by atoms with E-state index in [1.54, 1.807) is 0 Å². The minimum Gasteiger partial charge on any atom is -0.397 e. The van der Waals surface area contributed by atoms with E-state index < -0.39 is 11.7 Å². The number of benzene rings is 1. The molecule has 1 aliphatic carbocycles. The number of rotatable bonds is 4. The second kappa shape index (κ2) is 6.58. The highest BCUT2D eigenvalue weighted by molar-refractivity contribution is 5.67. The molecule has 1 aliphatic rings. The minimum absolute atomic E-state index is 0.159. The van der Waals surface area contributed by atoms with Crippen LogP contribution in [-0.2, 0) is 6.18 Å². The molecule has 0 radical (unpaired) electrons. The SMILES string of the molecule is CCC1CCC(CNc2ccc(C(F)(F)F)cc2N)CC1. The van der Waals surface area contributed by atoms with Crippen molar-refractivity contribution in [2.24, 2.45) is 11.8 Å². The molecule has 1 saturated carbocycles. The first-order chi connectivity index (χ1) is 9.90. The Hall–Kier alpha value is -1.39. The maximum Gasteiger partial charge on any atom is 0.416 e. The topological polar surface area (TPSA) is 38.0 Å². The third-order valence-corrected chi connectivity index (χ3v) is 4.50. The van der Waals surface area contributed by atoms with Crippen LogP contribution in [0.4, 0.5) is 24.5 Å². The van der Waals surface area contributed by atoms with Gasteiger partial charge in [-0.05, 0) is 42.9 Å². The predicted octanol–water partition coefficient (Wildman–Crippen LogP) is 4.92. The zero-order chi connectivity index (χ0) is 15.5. The Morgan fingerprint density at radius 1 is 1.14 bits per heavy atom. The Balaban J connectivity index is 1.89. The molecule has 21 heavy (non-hydrogen) atoms. The van der Waals surface area contributed by atoms with E-state index in [1.165, 1.54) is 38.2 Å². The number of nitrogens with two attached hydrogens (primary N) is 1. The van der Waals surface area contributed by atoms with E-state index in [0.717, 1.165) is 24.6 Å². The van der Waals surface area contributed by atoms with E-state index >= 15 is 0 Å². The summed E-state index contributed by atoms with van der Waals surface area (Å²) in [6.07, 6.45) is 1.78. The number of hydrogen-bond donors (Lipinski definition) is 2. The van der Waals surface area contributed by atoms with Crippen molar-refractivity contribution in [2.45, 2.75) is 45.2 Å². The van der Waals surface area contributed by atoms with Gasteiger partial charge in [0.05, 0.1) is 16.9 Å². The monoisotopic (exact) mass is 300 g/mol. The van der Waals surface area contributed by atoms with Gasteiger partial charge in [0.2, 0.25) is 0 Å². The summed E-state index contributed by atoms with van der Waals surface area (Å²) >= 11 is 0. The van der Waals surface area contributed by atoms with Crippen LogP contribution >= 0.6 is 0 Å². The molecule has 0 amide bonds. The van der Waals surface area contributed by atoms with Crippen molar-refractivity contribution >= 4 is 11.4 Å². The van der Waals surface area contributed by atoms with Crippen LogP contribution in [0.5, 0.6) is 0 Å². The third kappa shape index (κ3) is 4.29. The average molecular weight is 300 g/mol. The molecular formula is C16H23F3N2. The van der Waals surface area contributed by atoms with Crippen LogP contribution in [0.15, 0.2) is 18.2 Å². The number of anilines is 2. The average Bonchev–Trinajstić information content (AvgIpc) is 2.45. The van der Waals surface area contributed by atoms with Crippen molar-refractivity contribution in [2.75, 3.05) is 17.6 Å². The van der Waals surface area contributed by atoms with Crippen LogP contribution in [0, 0.1) is 11.8 Å². The Bertz CT molecular complexity index is 463. The molecule has 0 aromatic heterocycles. The Morgan fingerprint density at radius 3 is 2.29 bits per heavy atom. The first-order valence-corrected chi connectivity index (χ1v) is 7.60. The number of halogens is 3. The number of nitrogens with one attached hydrogen (secondary N) is 1. The molecule has 1 fully saturated rings. The second-order valence-electron chi connectivity index (χ2n) is 5.98. The van der Waals surface area contributed by atoms with E-state index in [9.17, 15) is 13.2 Å². The number of hydrogen-bond acceptors (Lipinski definition) is 2. The molecule has 0 aliphatic heterocycles. The standard InChI is InChI=1S/C16H23F3N2/c1-2-11-3-5-12(6-4-11)10-21-15-8-7-13(9-14(15)20)16(17,18)19/h7-9,11-12,21H,2-6,10,20H2,1H3. The molecule has 1 aromatic rings. The maximum atomic E-state index is 12.6. The second-order valence-corrected chi connectivity index (χ2v) is 5.98. The lowest BCUT2D eigenvalue weighted by Gasteiger charge is -2.28. The molecule has 0 unspecified atom stereocenters. The lowest BCUT2D eigenvalue weighted by molar-refractivity contribution is -0.137. The first-order valence-electron chi connectivity index (χ1n) is 7.60. The third-order valence-electron chi connectivity index (χ3n) is 4.50. The molecular weight excluding hydrogens is 277 g/mol. The van der Waals surface area contributed by atoms with E-state index in [1.807, 2.05) is 0 Å². The van der Waals surface area contributed by atoms with E-state index in [-0.39, 0.29) is 5.69 Å². The van der Waals surface area contributed by atoms with E-state index in [2.05, 4.69) is 12.2 Å². The van der Waals surface area contributed by atoms with Gasteiger partial charge in [-0.1, -0.05) is 26.2 Å². The summed E-state index contributed by atoms with van der Waals surface area (Å²) in [5, 5.41) is 3.20. The summed E-state index contributed by atoms with van der Waals surface area (Å²) in [6.45, 7) is 3.01. The Labute approximate surface area is 123 Å². The molecule has 1 aromatic carbocycles. The lowest BCUT2D eigenvalue weighted by Crippen LogP contribution is -2.21. The minimum atomic E-state index is -4.34. The van der Waals surface area contributed by atoms with Gasteiger partial charge in [0.15, 0.2) is 0 Å². The van der Waals surface area contributed by atoms with Crippen LogP contribution in [0.1, 0.15) is 44.6 Å². The fourth-order valence-corrected chi connectivity index (χ4v) is 3.00. The van der Waals surface area contributed by atoms with Crippen molar-refractivity contribution in [3.63, 3.8) is 0 Å². The first kappa shape index (κ1) is 16.0. The summed E-state index contributed by atoms with van der Waals surface area (Å²) < 4.78 is 37.7. The fraction of sp³-hybridized carbons (Fsp3) is 0.625. The smallest absolute Gasteiger partial charge is 0.397 e. The van der Waals surface area contributed by atoms with Gasteiger partial charge in [0.1, 0.15) is 0 Å². The molecule has 3 N–H and O–H groups in total. The summed E-state index contributed by atoms with van der Waals surface area (Å²) in [6, 6.07) is 3.50. The summed E-state index contributed by atoms with van der Waals surface area (Å²) in [7, 11) is 0. The highest BCUT2D eigenvalue weighted by Gasteiger charge is 2.30. The largest absolute Gasteiger partial charge is 0.416 e. The lowest BCUT2D eigenvalue weighted by atomic mass is 9.81. The van der Waals surface area contributed by atoms with E-state index in [4.69, 9.17) is 5.73 Å². The molecule has 0 heterocycles. The van der Waals surface area contributed by atoms with Crippen molar-refractivity contribution in [1.82, 2.24) is 0 Å². The molecule has 0 bridgehead atoms. The van der Waals surface area contributed by atoms with Gasteiger partial charge in [-0.3, -0.25) is 0 Å². The summed E-state index contributed by atoms with van der Waals surface area (Å²) in [5.41, 5.74) is 5.77. The number of nitrogen functional groups attached to an aromatic ring is 1. The van der Waals surface area contributed by atoms with Crippen LogP contribution < -0.4 is 11.1 Å². The zero-order valence-corrected chi connectivity index (χ0v) is 12.3. The molecule has 0 spiro atoms. The zero-order valence-electron chi connectivity index (χ0n) is 12.3. The highest BCUT2D eigenvalue weighted by atomic mass is 19.4. The molecule has 118 valence electrons. The summed E-state index contributed by atoms with van der Waals surface area (Å²) in [5.74, 6) is 1.44. The Morgan fingerprint density at radius 2 is 1.76 bits per heavy atom. The molecule has 0 saturated heterocycles. The van der Waals surface area contributed by atoms with Crippen molar-refractivity contribution < 1.29 is 13.2 Å². The van der Waals surface area contributed by atoms with Crippen molar-refractivity contribution in [3.8, 4) is 0 Å². The quantitative estimate of drug-likeness (QED) is 0.775. The van der Waals surface area contributed by atoms with Crippen molar-refractivity contribution in [1.29, 1.82) is 0 Å². The van der Waals surface area contributed by atoms with Gasteiger partial charge in [-0.25, -0.2) is 0 Å². The van der Waals surface area contributed by atoms with Gasteiger partial charge < -0.3 is 11.1 Å². The van der Waals surface area contributed by atoms with Gasteiger partial charge in [-0.15, -0.1) is 0 Å². The Kier molecular flexibility index (Phi) is 5.01. The molecule has 5 heteroatoms. The highest BCUT2D eigenvalue weighted by Crippen LogP contribution is 2.34. The number of alkyl halides is 3. The van der Waals surface area contributed by atoms with Gasteiger partial charge >= 0.3 is 6.18 Å². The van der Waals surface area contributed by atoms with Crippen LogP contribution in [0.2, 0.25) is 0 Å². The van der Waals surface area contributed by atoms with Crippen molar-refractivity contribution in [3.05, 3.63) is 23.8 Å². The molecule has 2 rings (SSSR count). The van der Waals surface area contributed by atoms with Gasteiger partial charge in [0.25, 0.3) is 0 Å². The van der Waals surface area contributed by atoms with Crippen LogP contribution in [0.3, 0.4) is 0 Å². The van der Waals surface area contributed by atoms with E-state index in [0.29, 0.717) is 11.6 Å². The molecule has 2 nitrogen and oxygen atoms in total. The normalized spacial score (nSPS) is 23.0. The maximum absolute atomic E-state index is 12.6. The predicted molar refractivity (Wildman–Crippen MR) is 80.1 cm³/mol. The summed E-state index contributed by atoms with van der Waals surface area (Å²) in [4.78, 5) is 0. The van der Waals surface area contributed by atoms with Gasteiger partial charge in [-0.2, -0.15) is 13.2 Å². The van der Waals surface area contributed by atoms with Crippen LogP contribution in [-0.4, -0.2) is 6.54 Å². The molecule has 0 atom stereocenters.